The molecule has 1 amide bonds. The Morgan fingerprint density at radius 2 is 2.00 bits per heavy atom. The summed E-state index contributed by atoms with van der Waals surface area (Å²) in [7, 11) is 1.73. The maximum atomic E-state index is 12.5. The fourth-order valence-electron chi connectivity index (χ4n) is 3.06. The van der Waals surface area contributed by atoms with Gasteiger partial charge in [-0.25, -0.2) is 9.78 Å². The van der Waals surface area contributed by atoms with Crippen LogP contribution in [0.3, 0.4) is 0 Å². The normalized spacial score (nSPS) is 17.5. The minimum Gasteiger partial charge on any atom is -0.444 e. The number of aromatic nitrogens is 4. The van der Waals surface area contributed by atoms with Gasteiger partial charge in [-0.05, 0) is 33.6 Å². The molecule has 1 saturated heterocycles. The zero-order valence-electron chi connectivity index (χ0n) is 15.6. The Labute approximate surface area is 151 Å². The van der Waals surface area contributed by atoms with Crippen LogP contribution >= 0.6 is 0 Å². The number of rotatable bonds is 2. The van der Waals surface area contributed by atoms with Crippen LogP contribution in [0.4, 0.5) is 4.79 Å². The number of ether oxygens (including phenoxy) is 1. The van der Waals surface area contributed by atoms with E-state index in [4.69, 9.17) is 4.74 Å². The maximum absolute atomic E-state index is 12.5. The fourth-order valence-corrected chi connectivity index (χ4v) is 3.06. The fraction of sp³-hybridized carbons (Fsp3) is 0.647. The lowest BCUT2D eigenvalue weighted by molar-refractivity contribution is -0.0419. The van der Waals surface area contributed by atoms with Crippen LogP contribution in [-0.4, -0.2) is 59.7 Å². The predicted molar refractivity (Wildman–Crippen MR) is 94.8 cm³/mol. The van der Waals surface area contributed by atoms with Gasteiger partial charge in [0.1, 0.15) is 11.1 Å². The van der Waals surface area contributed by atoms with Crippen LogP contribution in [0, 0.1) is 0 Å². The van der Waals surface area contributed by atoms with Crippen molar-refractivity contribution in [1.82, 2.24) is 24.2 Å². The van der Waals surface area contributed by atoms with Gasteiger partial charge in [0.15, 0.2) is 5.52 Å². The SMILES string of the molecule is Cn1cc2ncn(CC3(O)CCN(C(=O)OC(C)(C)C)CC3)c(=O)c2n1. The highest BCUT2D eigenvalue weighted by atomic mass is 16.6. The lowest BCUT2D eigenvalue weighted by Gasteiger charge is -2.38. The third-order valence-corrected chi connectivity index (χ3v) is 4.42. The quantitative estimate of drug-likeness (QED) is 0.850. The second-order valence-corrected chi connectivity index (χ2v) is 7.91. The molecule has 0 aromatic carbocycles. The number of aliphatic hydroxyl groups is 1. The molecule has 2 aromatic heterocycles. The van der Waals surface area contributed by atoms with Crippen molar-refractivity contribution >= 4 is 17.1 Å². The van der Waals surface area contributed by atoms with E-state index in [0.29, 0.717) is 31.4 Å². The van der Waals surface area contributed by atoms with E-state index in [1.807, 2.05) is 20.8 Å². The Morgan fingerprint density at radius 1 is 1.35 bits per heavy atom. The summed E-state index contributed by atoms with van der Waals surface area (Å²) in [6.07, 6.45) is 3.45. The van der Waals surface area contributed by atoms with Crippen LogP contribution in [-0.2, 0) is 18.3 Å². The number of hydrogen-bond acceptors (Lipinski definition) is 6. The Kier molecular flexibility index (Phi) is 4.51. The van der Waals surface area contributed by atoms with E-state index in [2.05, 4.69) is 10.1 Å². The van der Waals surface area contributed by atoms with Crippen LogP contribution in [0.15, 0.2) is 17.3 Å². The summed E-state index contributed by atoms with van der Waals surface area (Å²) in [5.74, 6) is 0. The van der Waals surface area contributed by atoms with E-state index in [1.165, 1.54) is 15.6 Å². The molecule has 1 aliphatic heterocycles. The smallest absolute Gasteiger partial charge is 0.410 e. The van der Waals surface area contributed by atoms with Crippen molar-refractivity contribution < 1.29 is 14.6 Å². The van der Waals surface area contributed by atoms with Gasteiger partial charge < -0.3 is 14.7 Å². The van der Waals surface area contributed by atoms with Crippen molar-refractivity contribution in [3.05, 3.63) is 22.9 Å². The highest BCUT2D eigenvalue weighted by Gasteiger charge is 2.36. The van der Waals surface area contributed by atoms with Gasteiger partial charge >= 0.3 is 6.09 Å². The third-order valence-electron chi connectivity index (χ3n) is 4.42. The first-order valence-electron chi connectivity index (χ1n) is 8.65. The van der Waals surface area contributed by atoms with Gasteiger partial charge in [-0.2, -0.15) is 5.10 Å². The van der Waals surface area contributed by atoms with E-state index in [9.17, 15) is 14.7 Å². The van der Waals surface area contributed by atoms with Gasteiger partial charge in [-0.1, -0.05) is 0 Å². The van der Waals surface area contributed by atoms with Crippen LogP contribution < -0.4 is 5.56 Å². The minimum atomic E-state index is -1.08. The summed E-state index contributed by atoms with van der Waals surface area (Å²) in [5.41, 5.74) is -1.10. The van der Waals surface area contributed by atoms with Crippen molar-refractivity contribution in [2.75, 3.05) is 13.1 Å². The molecule has 2 aromatic rings. The number of piperidine rings is 1. The van der Waals surface area contributed by atoms with Crippen LogP contribution in [0.1, 0.15) is 33.6 Å². The molecule has 1 fully saturated rings. The van der Waals surface area contributed by atoms with Crippen molar-refractivity contribution in [2.24, 2.45) is 7.05 Å². The minimum absolute atomic E-state index is 0.119. The molecular formula is C17H25N5O4. The Balaban J connectivity index is 1.69. The van der Waals surface area contributed by atoms with E-state index in [-0.39, 0.29) is 23.7 Å². The van der Waals surface area contributed by atoms with Gasteiger partial charge in [0.2, 0.25) is 0 Å². The summed E-state index contributed by atoms with van der Waals surface area (Å²) in [6, 6.07) is 0. The van der Waals surface area contributed by atoms with Crippen LogP contribution in [0.2, 0.25) is 0 Å². The molecule has 3 heterocycles. The van der Waals surface area contributed by atoms with Crippen LogP contribution in [0.5, 0.6) is 0 Å². The second kappa shape index (κ2) is 6.39. The molecular weight excluding hydrogens is 338 g/mol. The number of carbonyl (C=O) groups is 1. The van der Waals surface area contributed by atoms with Gasteiger partial charge in [-0.15, -0.1) is 0 Å². The molecule has 0 spiro atoms. The molecule has 142 valence electrons. The van der Waals surface area contributed by atoms with E-state index >= 15 is 0 Å². The molecule has 0 atom stereocenters. The van der Waals surface area contributed by atoms with Crippen LogP contribution in [0.25, 0.3) is 11.0 Å². The van der Waals surface area contributed by atoms with Crippen molar-refractivity contribution in [2.45, 2.75) is 51.4 Å². The molecule has 1 aliphatic rings. The van der Waals surface area contributed by atoms with E-state index in [0.717, 1.165) is 0 Å². The molecule has 0 aliphatic carbocycles. The monoisotopic (exact) mass is 363 g/mol. The molecule has 9 heteroatoms. The topological polar surface area (TPSA) is 102 Å². The number of hydrogen-bond donors (Lipinski definition) is 1. The average molecular weight is 363 g/mol. The molecule has 9 nitrogen and oxygen atoms in total. The van der Waals surface area contributed by atoms with Crippen molar-refractivity contribution in [1.29, 1.82) is 0 Å². The number of nitrogens with zero attached hydrogens (tertiary/aromatic N) is 5. The molecule has 0 saturated carbocycles. The van der Waals surface area contributed by atoms with E-state index in [1.54, 1.807) is 18.1 Å². The highest BCUT2D eigenvalue weighted by molar-refractivity contribution is 5.71. The molecule has 0 bridgehead atoms. The van der Waals surface area contributed by atoms with Gasteiger partial charge in [0, 0.05) is 20.1 Å². The van der Waals surface area contributed by atoms with E-state index < -0.39 is 11.2 Å². The van der Waals surface area contributed by atoms with Gasteiger partial charge in [0.05, 0.1) is 24.7 Å². The summed E-state index contributed by atoms with van der Waals surface area (Å²) in [6.45, 7) is 6.32. The zero-order chi connectivity index (χ0) is 19.1. The lowest BCUT2D eigenvalue weighted by Crippen LogP contribution is -2.50. The summed E-state index contributed by atoms with van der Waals surface area (Å²) in [5, 5.41) is 15.0. The third kappa shape index (κ3) is 3.87. The van der Waals surface area contributed by atoms with Gasteiger partial charge in [-0.3, -0.25) is 14.0 Å². The lowest BCUT2D eigenvalue weighted by atomic mass is 9.91. The molecule has 0 radical (unpaired) electrons. The van der Waals surface area contributed by atoms with Gasteiger partial charge in [0.25, 0.3) is 5.56 Å². The largest absolute Gasteiger partial charge is 0.444 e. The number of likely N-dealkylation sites (tertiary alicyclic amines) is 1. The number of amides is 1. The molecule has 26 heavy (non-hydrogen) atoms. The number of carbonyl (C=O) groups excluding carboxylic acids is 1. The van der Waals surface area contributed by atoms with Crippen molar-refractivity contribution in [3.63, 3.8) is 0 Å². The molecule has 1 N–H and O–H groups in total. The summed E-state index contributed by atoms with van der Waals surface area (Å²) >= 11 is 0. The Bertz CT molecular complexity index is 871. The Morgan fingerprint density at radius 3 is 2.62 bits per heavy atom. The summed E-state index contributed by atoms with van der Waals surface area (Å²) in [4.78, 5) is 30.5. The number of aryl methyl sites for hydroxylation is 1. The highest BCUT2D eigenvalue weighted by Crippen LogP contribution is 2.25. The number of fused-ring (bicyclic) bond motifs is 1. The zero-order valence-corrected chi connectivity index (χ0v) is 15.6. The summed E-state index contributed by atoms with van der Waals surface area (Å²) < 4.78 is 8.29. The average Bonchev–Trinajstić information content (AvgIpc) is 2.90. The standard InChI is InChI=1S/C17H25N5O4/c1-16(2,3)26-15(24)21-7-5-17(25,6-8-21)10-22-11-18-12-9-20(4)19-13(12)14(22)23/h9,11,25H,5-8,10H2,1-4H3. The second-order valence-electron chi connectivity index (χ2n) is 7.91. The predicted octanol–water partition coefficient (Wildman–Crippen LogP) is 0.892. The molecule has 3 rings (SSSR count). The molecule has 0 unspecified atom stereocenters. The first-order valence-corrected chi connectivity index (χ1v) is 8.65. The first-order chi connectivity index (χ1) is 12.1. The first kappa shape index (κ1) is 18.4. The van der Waals surface area contributed by atoms with Crippen molar-refractivity contribution in [3.8, 4) is 0 Å². The maximum Gasteiger partial charge on any atom is 0.410 e. The Hall–Kier alpha value is -2.42.